The molecule has 2 aliphatic rings. The molecule has 0 bridgehead atoms. The van der Waals surface area contributed by atoms with Crippen molar-refractivity contribution in [2.75, 3.05) is 27.1 Å². The van der Waals surface area contributed by atoms with Gasteiger partial charge in [0, 0.05) is 32.3 Å². The van der Waals surface area contributed by atoms with E-state index >= 15 is 0 Å². The highest BCUT2D eigenvalue weighted by molar-refractivity contribution is 5.79. The van der Waals surface area contributed by atoms with Crippen LogP contribution >= 0.6 is 0 Å². The number of hydrogen-bond donors (Lipinski definition) is 0. The first kappa shape index (κ1) is 16.0. The number of benzene rings is 1. The van der Waals surface area contributed by atoms with Crippen molar-refractivity contribution in [3.63, 3.8) is 0 Å². The summed E-state index contributed by atoms with van der Waals surface area (Å²) in [5, 5.41) is 0. The van der Waals surface area contributed by atoms with Gasteiger partial charge in [-0.1, -0.05) is 6.07 Å². The largest absolute Gasteiger partial charge is 0.454 e. The lowest BCUT2D eigenvalue weighted by molar-refractivity contribution is -0.131. The lowest BCUT2D eigenvalue weighted by Crippen LogP contribution is -2.36. The number of nitrogens with zero attached hydrogens (tertiary/aromatic N) is 3. The fraction of sp³-hybridized carbons (Fsp3) is 0.444. The van der Waals surface area contributed by atoms with Gasteiger partial charge in [0.25, 0.3) is 0 Å². The lowest BCUT2D eigenvalue weighted by Gasteiger charge is -2.24. The number of methoxy groups -OCH3 is 1. The van der Waals surface area contributed by atoms with Gasteiger partial charge in [0.1, 0.15) is 0 Å². The number of carbonyl (C=O) groups excluding carboxylic acids is 1. The normalized spacial score (nSPS) is 18.8. The van der Waals surface area contributed by atoms with E-state index in [1.807, 2.05) is 35.6 Å². The summed E-state index contributed by atoms with van der Waals surface area (Å²) in [5.74, 6) is 1.78. The molecule has 2 aromatic rings. The fourth-order valence-electron chi connectivity index (χ4n) is 3.42. The van der Waals surface area contributed by atoms with Crippen molar-refractivity contribution in [1.82, 2.24) is 14.5 Å². The second-order valence-corrected chi connectivity index (χ2v) is 6.50. The lowest BCUT2D eigenvalue weighted by atomic mass is 10.1. The predicted octanol–water partition coefficient (Wildman–Crippen LogP) is 1.46. The van der Waals surface area contributed by atoms with Crippen molar-refractivity contribution < 1.29 is 19.0 Å². The van der Waals surface area contributed by atoms with Gasteiger partial charge in [0.2, 0.25) is 12.7 Å². The van der Waals surface area contributed by atoms with Crippen LogP contribution in [-0.4, -0.2) is 47.4 Å². The van der Waals surface area contributed by atoms with Gasteiger partial charge in [-0.2, -0.15) is 0 Å². The Bertz CT molecular complexity index is 773. The molecule has 0 N–H and O–H groups in total. The van der Waals surface area contributed by atoms with E-state index in [-0.39, 0.29) is 18.6 Å². The summed E-state index contributed by atoms with van der Waals surface area (Å²) in [6.45, 7) is 2.92. The minimum Gasteiger partial charge on any atom is -0.454 e. The van der Waals surface area contributed by atoms with Crippen LogP contribution in [0.5, 0.6) is 11.5 Å². The Morgan fingerprint density at radius 3 is 3.08 bits per heavy atom. The van der Waals surface area contributed by atoms with E-state index in [0.29, 0.717) is 31.9 Å². The summed E-state index contributed by atoms with van der Waals surface area (Å²) in [6.07, 6.45) is 3.99. The van der Waals surface area contributed by atoms with Gasteiger partial charge in [-0.3, -0.25) is 4.79 Å². The number of ether oxygens (including phenoxy) is 3. The summed E-state index contributed by atoms with van der Waals surface area (Å²) < 4.78 is 18.1. The van der Waals surface area contributed by atoms with Gasteiger partial charge in [-0.25, -0.2) is 4.98 Å². The van der Waals surface area contributed by atoms with E-state index in [4.69, 9.17) is 14.2 Å². The molecule has 1 atom stereocenters. The van der Waals surface area contributed by atoms with E-state index < -0.39 is 0 Å². The number of rotatable bonds is 4. The predicted molar refractivity (Wildman–Crippen MR) is 89.3 cm³/mol. The Balaban J connectivity index is 1.50. The highest BCUT2D eigenvalue weighted by Crippen LogP contribution is 2.32. The monoisotopic (exact) mass is 343 g/mol. The molecule has 1 aromatic heterocycles. The maximum absolute atomic E-state index is 12.9. The molecule has 2 aliphatic heterocycles. The summed E-state index contributed by atoms with van der Waals surface area (Å²) >= 11 is 0. The molecule has 0 saturated carbocycles. The van der Waals surface area contributed by atoms with Gasteiger partial charge in [0.15, 0.2) is 11.5 Å². The molecule has 0 spiro atoms. The summed E-state index contributed by atoms with van der Waals surface area (Å²) in [7, 11) is 1.69. The fourth-order valence-corrected chi connectivity index (χ4v) is 3.42. The molecule has 4 rings (SSSR count). The maximum atomic E-state index is 12.9. The van der Waals surface area contributed by atoms with E-state index in [9.17, 15) is 4.79 Å². The first-order chi connectivity index (χ1) is 12.2. The van der Waals surface area contributed by atoms with Gasteiger partial charge in [0.05, 0.1) is 31.6 Å². The van der Waals surface area contributed by atoms with E-state index in [1.54, 1.807) is 7.11 Å². The van der Waals surface area contributed by atoms with Gasteiger partial charge >= 0.3 is 0 Å². The number of imidazole rings is 1. The van der Waals surface area contributed by atoms with Crippen molar-refractivity contribution in [2.45, 2.75) is 19.5 Å². The number of aromatic nitrogens is 2. The SMILES string of the molecule is COCC1CN(C(=O)Cc2ccc3c(c2)OCO3)Cc2cncn2C1. The smallest absolute Gasteiger partial charge is 0.231 e. The minimum atomic E-state index is 0.0922. The van der Waals surface area contributed by atoms with Crippen molar-refractivity contribution >= 4 is 5.91 Å². The van der Waals surface area contributed by atoms with Crippen LogP contribution in [0.1, 0.15) is 11.3 Å². The zero-order chi connectivity index (χ0) is 17.2. The average Bonchev–Trinajstić information content (AvgIpc) is 3.20. The zero-order valence-electron chi connectivity index (χ0n) is 14.2. The Hall–Kier alpha value is -2.54. The van der Waals surface area contributed by atoms with Gasteiger partial charge in [-0.05, 0) is 17.7 Å². The molecule has 7 nitrogen and oxygen atoms in total. The highest BCUT2D eigenvalue weighted by Gasteiger charge is 2.25. The zero-order valence-corrected chi connectivity index (χ0v) is 14.2. The first-order valence-electron chi connectivity index (χ1n) is 8.37. The van der Waals surface area contributed by atoms with Crippen LogP contribution in [0.3, 0.4) is 0 Å². The average molecular weight is 343 g/mol. The third-order valence-electron chi connectivity index (χ3n) is 4.63. The van der Waals surface area contributed by atoms with Crippen LogP contribution in [0.15, 0.2) is 30.7 Å². The number of fused-ring (bicyclic) bond motifs is 2. The van der Waals surface area contributed by atoms with Crippen molar-refractivity contribution in [1.29, 1.82) is 0 Å². The third kappa shape index (κ3) is 3.32. The van der Waals surface area contributed by atoms with Gasteiger partial charge in [-0.15, -0.1) is 0 Å². The Morgan fingerprint density at radius 1 is 1.32 bits per heavy atom. The summed E-state index contributed by atoms with van der Waals surface area (Å²) in [6, 6.07) is 5.66. The van der Waals surface area contributed by atoms with Crippen LogP contribution in [0.4, 0.5) is 0 Å². The Morgan fingerprint density at radius 2 is 2.20 bits per heavy atom. The standard InChI is InChI=1S/C18H21N3O4/c1-23-10-14-7-20(9-15-6-19-11-21(15)8-14)18(22)5-13-2-3-16-17(4-13)25-12-24-16/h2-4,6,11,14H,5,7-10,12H2,1H3. The molecule has 3 heterocycles. The van der Waals surface area contributed by atoms with Crippen LogP contribution in [-0.2, 0) is 29.0 Å². The number of carbonyl (C=O) groups is 1. The quantitative estimate of drug-likeness (QED) is 0.841. The molecule has 132 valence electrons. The minimum absolute atomic E-state index is 0.0922. The van der Waals surface area contributed by atoms with Crippen LogP contribution < -0.4 is 9.47 Å². The molecular weight excluding hydrogens is 322 g/mol. The number of amides is 1. The molecule has 0 saturated heterocycles. The summed E-state index contributed by atoms with van der Waals surface area (Å²) in [4.78, 5) is 19.0. The third-order valence-corrected chi connectivity index (χ3v) is 4.63. The Labute approximate surface area is 146 Å². The highest BCUT2D eigenvalue weighted by atomic mass is 16.7. The van der Waals surface area contributed by atoms with E-state index in [0.717, 1.165) is 23.6 Å². The van der Waals surface area contributed by atoms with Crippen LogP contribution in [0.2, 0.25) is 0 Å². The Kier molecular flexibility index (Phi) is 4.31. The molecule has 1 unspecified atom stereocenters. The molecule has 0 aliphatic carbocycles. The molecule has 0 fully saturated rings. The number of hydrogen-bond acceptors (Lipinski definition) is 5. The van der Waals surface area contributed by atoms with Crippen molar-refractivity contribution in [2.24, 2.45) is 5.92 Å². The molecule has 0 radical (unpaired) electrons. The second kappa shape index (κ2) is 6.76. The van der Waals surface area contributed by atoms with Gasteiger partial charge < -0.3 is 23.7 Å². The molecule has 1 aromatic carbocycles. The maximum Gasteiger partial charge on any atom is 0.231 e. The van der Waals surface area contributed by atoms with E-state index in [2.05, 4.69) is 9.55 Å². The molecule has 1 amide bonds. The molecule has 25 heavy (non-hydrogen) atoms. The summed E-state index contributed by atoms with van der Waals surface area (Å²) in [5.41, 5.74) is 1.98. The topological polar surface area (TPSA) is 65.8 Å². The molecular formula is C18H21N3O4. The second-order valence-electron chi connectivity index (χ2n) is 6.50. The first-order valence-corrected chi connectivity index (χ1v) is 8.37. The van der Waals surface area contributed by atoms with Crippen molar-refractivity contribution in [3.05, 3.63) is 42.0 Å². The van der Waals surface area contributed by atoms with Crippen molar-refractivity contribution in [3.8, 4) is 11.5 Å². The van der Waals surface area contributed by atoms with E-state index in [1.165, 1.54) is 0 Å². The molecule has 7 heteroatoms. The van der Waals surface area contributed by atoms with Crippen LogP contribution in [0.25, 0.3) is 0 Å². The van der Waals surface area contributed by atoms with Crippen LogP contribution in [0, 0.1) is 5.92 Å².